The number of fused-ring (bicyclic) bond motifs is 5. The number of carbonyl (C=O) groups excluding carboxylic acids is 1. The van der Waals surface area contributed by atoms with Gasteiger partial charge < -0.3 is 20.3 Å². The van der Waals surface area contributed by atoms with Crippen molar-refractivity contribution in [2.45, 2.75) is 77.9 Å². The van der Waals surface area contributed by atoms with Gasteiger partial charge in [-0.1, -0.05) is 38.1 Å². The van der Waals surface area contributed by atoms with Crippen molar-refractivity contribution in [3.8, 4) is 5.75 Å². The van der Waals surface area contributed by atoms with Crippen LogP contribution in [0.3, 0.4) is 0 Å². The summed E-state index contributed by atoms with van der Waals surface area (Å²) in [5, 5.41) is 24.5. The first-order valence-corrected chi connectivity index (χ1v) is 13.7. The Morgan fingerprint density at radius 1 is 1.16 bits per heavy atom. The van der Waals surface area contributed by atoms with Crippen LogP contribution in [-0.4, -0.2) is 35.3 Å². The van der Waals surface area contributed by atoms with Crippen LogP contribution in [0, 0.1) is 34.5 Å². The molecule has 0 aromatic heterocycles. The minimum Gasteiger partial charge on any atom is -0.496 e. The van der Waals surface area contributed by atoms with Crippen molar-refractivity contribution >= 4 is 11.9 Å². The molecule has 3 N–H and O–H groups in total. The van der Waals surface area contributed by atoms with Gasteiger partial charge in [0.25, 0.3) is 0 Å². The van der Waals surface area contributed by atoms with E-state index in [1.54, 1.807) is 7.11 Å². The molecular formula is C31H41NO5. The SMILES string of the molecule is COc1ccccc1C(C)(C)NC(=O)[C@H]1CC[C@H]2[C@@H]3CC=C4C=C(C(=O)O)CC[C@]4(C)[C@H]3[C@@H](O)C[C@]12C. The summed E-state index contributed by atoms with van der Waals surface area (Å²) in [4.78, 5) is 25.5. The lowest BCUT2D eigenvalue weighted by molar-refractivity contribution is -0.142. The molecule has 2 saturated carbocycles. The minimum atomic E-state index is -0.845. The molecule has 4 aliphatic rings. The molecule has 0 spiro atoms. The van der Waals surface area contributed by atoms with Crippen molar-refractivity contribution < 1.29 is 24.5 Å². The fraction of sp³-hybridized carbons (Fsp3) is 0.613. The Bertz CT molecular complexity index is 1170. The second-order valence-corrected chi connectivity index (χ2v) is 12.8. The number of carboxylic acid groups (broad SMARTS) is 1. The lowest BCUT2D eigenvalue weighted by Gasteiger charge is -2.58. The molecule has 1 aromatic rings. The quantitative estimate of drug-likeness (QED) is 0.508. The summed E-state index contributed by atoms with van der Waals surface area (Å²) < 4.78 is 5.56. The average molecular weight is 508 g/mol. The zero-order chi connectivity index (χ0) is 26.8. The Labute approximate surface area is 220 Å². The maximum absolute atomic E-state index is 13.8. The van der Waals surface area contributed by atoms with Crippen LogP contribution in [0.1, 0.15) is 71.8 Å². The van der Waals surface area contributed by atoms with Gasteiger partial charge in [0, 0.05) is 17.1 Å². The number of hydrogen-bond acceptors (Lipinski definition) is 4. The molecule has 0 radical (unpaired) electrons. The molecule has 0 unspecified atom stereocenters. The molecule has 0 bridgehead atoms. The normalized spacial score (nSPS) is 36.9. The summed E-state index contributed by atoms with van der Waals surface area (Å²) in [5.41, 5.74) is 1.38. The number of hydrogen-bond donors (Lipinski definition) is 3. The molecule has 37 heavy (non-hydrogen) atoms. The highest BCUT2D eigenvalue weighted by Crippen LogP contribution is 2.66. The predicted octanol–water partition coefficient (Wildman–Crippen LogP) is 5.22. The van der Waals surface area contributed by atoms with Crippen LogP contribution in [0.15, 0.2) is 47.6 Å². The number of para-hydroxylation sites is 1. The molecule has 6 heteroatoms. The maximum Gasteiger partial charge on any atom is 0.331 e. The third-order valence-electron chi connectivity index (χ3n) is 10.5. The van der Waals surface area contributed by atoms with Gasteiger partial charge in [-0.3, -0.25) is 4.79 Å². The van der Waals surface area contributed by atoms with E-state index in [9.17, 15) is 19.8 Å². The maximum atomic E-state index is 13.8. The van der Waals surface area contributed by atoms with E-state index in [1.807, 2.05) is 44.2 Å². The van der Waals surface area contributed by atoms with Gasteiger partial charge >= 0.3 is 5.97 Å². The number of benzene rings is 1. The summed E-state index contributed by atoms with van der Waals surface area (Å²) in [6.07, 6.45) is 8.07. The van der Waals surface area contributed by atoms with E-state index in [1.165, 1.54) is 0 Å². The fourth-order valence-electron chi connectivity index (χ4n) is 8.68. The van der Waals surface area contributed by atoms with Crippen molar-refractivity contribution in [3.05, 3.63) is 53.1 Å². The van der Waals surface area contributed by atoms with E-state index in [-0.39, 0.29) is 28.6 Å². The Balaban J connectivity index is 1.40. The highest BCUT2D eigenvalue weighted by molar-refractivity contribution is 5.87. The van der Waals surface area contributed by atoms with Crippen molar-refractivity contribution in [2.24, 2.45) is 34.5 Å². The van der Waals surface area contributed by atoms with Crippen LogP contribution in [0.5, 0.6) is 5.75 Å². The van der Waals surface area contributed by atoms with Gasteiger partial charge in [-0.05, 0) is 98.7 Å². The Morgan fingerprint density at radius 3 is 2.59 bits per heavy atom. The van der Waals surface area contributed by atoms with Gasteiger partial charge in [0.2, 0.25) is 5.91 Å². The second-order valence-electron chi connectivity index (χ2n) is 12.8. The van der Waals surface area contributed by atoms with Crippen LogP contribution in [0.4, 0.5) is 0 Å². The van der Waals surface area contributed by atoms with Gasteiger partial charge in [0.1, 0.15) is 5.75 Å². The summed E-state index contributed by atoms with van der Waals surface area (Å²) >= 11 is 0. The number of ether oxygens (including phenoxy) is 1. The number of carboxylic acids is 1. The molecular weight excluding hydrogens is 466 g/mol. The third kappa shape index (κ3) is 4.03. The van der Waals surface area contributed by atoms with E-state index in [0.29, 0.717) is 30.3 Å². The molecule has 4 aliphatic carbocycles. The van der Waals surface area contributed by atoms with Crippen LogP contribution in [0.2, 0.25) is 0 Å². The van der Waals surface area contributed by atoms with Crippen molar-refractivity contribution in [3.63, 3.8) is 0 Å². The van der Waals surface area contributed by atoms with Crippen LogP contribution < -0.4 is 10.1 Å². The van der Waals surface area contributed by atoms with Crippen LogP contribution in [0.25, 0.3) is 0 Å². The molecule has 1 aromatic carbocycles. The van der Waals surface area contributed by atoms with Crippen LogP contribution in [-0.2, 0) is 15.1 Å². The van der Waals surface area contributed by atoms with Gasteiger partial charge in [0.05, 0.1) is 18.8 Å². The lowest BCUT2D eigenvalue weighted by atomic mass is 9.47. The summed E-state index contributed by atoms with van der Waals surface area (Å²) in [7, 11) is 1.65. The van der Waals surface area contributed by atoms with E-state index >= 15 is 0 Å². The van der Waals surface area contributed by atoms with E-state index in [4.69, 9.17) is 4.74 Å². The molecule has 6 nitrogen and oxygen atoms in total. The number of aliphatic hydroxyl groups excluding tert-OH is 1. The van der Waals surface area contributed by atoms with E-state index in [2.05, 4.69) is 25.2 Å². The first kappa shape index (κ1) is 26.0. The minimum absolute atomic E-state index is 0.0523. The molecule has 1 amide bonds. The Hall–Kier alpha value is -2.60. The van der Waals surface area contributed by atoms with Crippen molar-refractivity contribution in [1.82, 2.24) is 5.32 Å². The fourth-order valence-corrected chi connectivity index (χ4v) is 8.68. The van der Waals surface area contributed by atoms with Gasteiger partial charge in [0.15, 0.2) is 0 Å². The Morgan fingerprint density at radius 2 is 1.89 bits per heavy atom. The molecule has 200 valence electrons. The molecule has 2 fully saturated rings. The van der Waals surface area contributed by atoms with Gasteiger partial charge in [-0.25, -0.2) is 4.79 Å². The number of allylic oxidation sites excluding steroid dienone is 3. The second kappa shape index (κ2) is 9.00. The topological polar surface area (TPSA) is 95.9 Å². The largest absolute Gasteiger partial charge is 0.496 e. The molecule has 0 aliphatic heterocycles. The standard InChI is InChI=1S/C31H41NO5/c1-29(2,22-8-6-7-9-25(22)37-5)32-27(34)23-13-12-21-20-11-10-19-16-18(28(35)36)14-15-30(19,3)26(20)24(33)17-31(21,23)4/h6-10,16,20-21,23-24,26,33H,11-15,17H2,1-5H3,(H,32,34)(H,35,36)/t20-,21-,23+,24-,26+,30-,31-/m0/s1. The number of aliphatic carboxylic acids is 1. The average Bonchev–Trinajstić information content (AvgIpc) is 3.19. The number of nitrogens with one attached hydrogen (secondary N) is 1. The van der Waals surface area contributed by atoms with Gasteiger partial charge in [-0.15, -0.1) is 0 Å². The predicted molar refractivity (Wildman–Crippen MR) is 142 cm³/mol. The van der Waals surface area contributed by atoms with E-state index in [0.717, 1.165) is 42.6 Å². The number of amides is 1. The summed E-state index contributed by atoms with van der Waals surface area (Å²) in [5.74, 6) is 0.533. The van der Waals surface area contributed by atoms with Crippen molar-refractivity contribution in [2.75, 3.05) is 7.11 Å². The molecule has 0 saturated heterocycles. The smallest absolute Gasteiger partial charge is 0.331 e. The highest BCUT2D eigenvalue weighted by atomic mass is 16.5. The first-order chi connectivity index (χ1) is 17.4. The summed E-state index contributed by atoms with van der Waals surface area (Å²) in [6, 6.07) is 7.80. The van der Waals surface area contributed by atoms with Crippen molar-refractivity contribution in [1.29, 1.82) is 0 Å². The third-order valence-corrected chi connectivity index (χ3v) is 10.5. The lowest BCUT2D eigenvalue weighted by Crippen LogP contribution is -2.57. The number of aliphatic hydroxyl groups is 1. The first-order valence-electron chi connectivity index (χ1n) is 13.7. The zero-order valence-electron chi connectivity index (χ0n) is 22.7. The number of carbonyl (C=O) groups is 2. The molecule has 5 rings (SSSR count). The van der Waals surface area contributed by atoms with Crippen LogP contribution >= 0.6 is 0 Å². The monoisotopic (exact) mass is 507 g/mol. The van der Waals surface area contributed by atoms with Gasteiger partial charge in [-0.2, -0.15) is 0 Å². The summed E-state index contributed by atoms with van der Waals surface area (Å²) in [6.45, 7) is 8.46. The zero-order valence-corrected chi connectivity index (χ0v) is 22.7. The molecule has 7 atom stereocenters. The Kier molecular flexibility index (Phi) is 6.33. The molecule has 0 heterocycles. The number of methoxy groups -OCH3 is 1. The van der Waals surface area contributed by atoms with E-state index < -0.39 is 17.6 Å². The highest BCUT2D eigenvalue weighted by Gasteiger charge is 2.62. The number of rotatable bonds is 5.